The molecule has 0 aliphatic carbocycles. The molecule has 2 heterocycles. The fraction of sp³-hybridized carbons (Fsp3) is 1.00. The average molecular weight is 729 g/mol. The molecule has 2 saturated heterocycles. The van der Waals surface area contributed by atoms with E-state index in [2.05, 4.69) is 100 Å². The van der Waals surface area contributed by atoms with Crippen LogP contribution in [-0.2, 0) is 0 Å². The number of rotatable bonds is 28. The van der Waals surface area contributed by atoms with Gasteiger partial charge in [-0.1, -0.05) is 168 Å². The van der Waals surface area contributed by atoms with Crippen LogP contribution in [0.3, 0.4) is 0 Å². The van der Waals surface area contributed by atoms with E-state index in [0.717, 1.165) is 17.8 Å². The predicted molar refractivity (Wildman–Crippen MR) is 236 cm³/mol. The van der Waals surface area contributed by atoms with Gasteiger partial charge in [-0.25, -0.2) is 0 Å². The first kappa shape index (κ1) is 48.1. The summed E-state index contributed by atoms with van der Waals surface area (Å²) in [5.41, 5.74) is 1.45. The molecule has 1 unspecified atom stereocenters. The van der Waals surface area contributed by atoms with E-state index in [1.54, 1.807) is 0 Å². The highest BCUT2D eigenvalue weighted by Crippen LogP contribution is 2.60. The van der Waals surface area contributed by atoms with Crippen LogP contribution < -0.4 is 0 Å². The standard InChI is InChI=1S/C50H100N2/c1-14-17-19-21-23-25-27-29-31-33-35-37-50(44-41-48(8,9)52(13)49(10,11)42-44,38-36-34-32-30-28-26-24-22-20-18-15-2)45(16-3)43-39-46(4,5)51(12)47(6,7)40-43/h43-45H,14-42H2,1-13H3. The molecule has 0 aromatic rings. The molecule has 2 heteroatoms. The van der Waals surface area contributed by atoms with Gasteiger partial charge >= 0.3 is 0 Å². The molecule has 2 rings (SSSR count). The van der Waals surface area contributed by atoms with E-state index in [0.29, 0.717) is 5.41 Å². The molecule has 2 fully saturated rings. The van der Waals surface area contributed by atoms with Gasteiger partial charge in [-0.15, -0.1) is 0 Å². The highest BCUT2D eigenvalue weighted by Gasteiger charge is 2.55. The van der Waals surface area contributed by atoms with Crippen molar-refractivity contribution in [2.75, 3.05) is 14.1 Å². The summed E-state index contributed by atoms with van der Waals surface area (Å²) in [6, 6.07) is 0. The fourth-order valence-corrected chi connectivity index (χ4v) is 12.2. The first-order valence-corrected chi connectivity index (χ1v) is 24.0. The van der Waals surface area contributed by atoms with Crippen molar-refractivity contribution in [1.82, 2.24) is 9.80 Å². The lowest BCUT2D eigenvalue weighted by atomic mass is 9.50. The first-order chi connectivity index (χ1) is 24.5. The number of unbranched alkanes of at least 4 members (excludes halogenated alkanes) is 20. The van der Waals surface area contributed by atoms with Crippen LogP contribution in [0.5, 0.6) is 0 Å². The highest BCUT2D eigenvalue weighted by atomic mass is 15.2. The Morgan fingerprint density at radius 3 is 0.981 bits per heavy atom. The number of piperidine rings is 2. The molecule has 0 amide bonds. The van der Waals surface area contributed by atoms with Crippen molar-refractivity contribution in [3.8, 4) is 0 Å². The Morgan fingerprint density at radius 2 is 0.692 bits per heavy atom. The summed E-state index contributed by atoms with van der Waals surface area (Å²) in [6.45, 7) is 27.9. The van der Waals surface area contributed by atoms with E-state index >= 15 is 0 Å². The Kier molecular flexibility index (Phi) is 21.5. The largest absolute Gasteiger partial charge is 0.296 e. The Labute approximate surface area is 330 Å². The molecule has 0 bridgehead atoms. The number of hydrogen-bond acceptors (Lipinski definition) is 2. The minimum atomic E-state index is 0.246. The Bertz CT molecular complexity index is 851. The third-order valence-electron chi connectivity index (χ3n) is 15.7. The Hall–Kier alpha value is -0.0800. The van der Waals surface area contributed by atoms with Crippen LogP contribution in [0.2, 0.25) is 0 Å². The van der Waals surface area contributed by atoms with Crippen molar-refractivity contribution in [1.29, 1.82) is 0 Å². The molecule has 0 aromatic heterocycles. The van der Waals surface area contributed by atoms with Gasteiger partial charge in [-0.05, 0) is 131 Å². The van der Waals surface area contributed by atoms with Crippen LogP contribution in [0.15, 0.2) is 0 Å². The lowest BCUT2D eigenvalue weighted by Gasteiger charge is -2.62. The SMILES string of the molecule is CCCCCCCCCCCCCC(CCCCCCCCCCCCC)(C1CC(C)(C)N(C)C(C)(C)C1)C(CC)C1CC(C)(C)N(C)C(C)(C)C1. The van der Waals surface area contributed by atoms with Crippen LogP contribution in [0.25, 0.3) is 0 Å². The van der Waals surface area contributed by atoms with Crippen LogP contribution in [-0.4, -0.2) is 46.1 Å². The Balaban J connectivity index is 2.31. The summed E-state index contributed by atoms with van der Waals surface area (Å²) < 4.78 is 0. The molecule has 2 nitrogen and oxygen atoms in total. The summed E-state index contributed by atoms with van der Waals surface area (Å²) in [6.07, 6.45) is 41.6. The molecule has 0 N–H and O–H groups in total. The molecule has 0 radical (unpaired) electrons. The van der Waals surface area contributed by atoms with E-state index in [1.165, 1.54) is 186 Å². The summed E-state index contributed by atoms with van der Waals surface area (Å²) >= 11 is 0. The zero-order valence-electron chi connectivity index (χ0n) is 38.6. The quantitative estimate of drug-likeness (QED) is 0.0740. The third-order valence-corrected chi connectivity index (χ3v) is 15.7. The van der Waals surface area contributed by atoms with E-state index in [1.807, 2.05) is 0 Å². The van der Waals surface area contributed by atoms with E-state index in [9.17, 15) is 0 Å². The van der Waals surface area contributed by atoms with Gasteiger partial charge in [0.1, 0.15) is 0 Å². The van der Waals surface area contributed by atoms with Gasteiger partial charge in [-0.2, -0.15) is 0 Å². The molecule has 310 valence electrons. The number of nitrogens with zero attached hydrogens (tertiary/aromatic N) is 2. The third kappa shape index (κ3) is 14.8. The zero-order valence-corrected chi connectivity index (χ0v) is 38.6. The average Bonchev–Trinajstić information content (AvgIpc) is 3.06. The second-order valence-electron chi connectivity index (χ2n) is 21.5. The normalized spacial score (nSPS) is 21.9. The topological polar surface area (TPSA) is 6.48 Å². The maximum absolute atomic E-state index is 2.76. The van der Waals surface area contributed by atoms with Crippen LogP contribution in [0.1, 0.15) is 262 Å². The minimum absolute atomic E-state index is 0.246. The van der Waals surface area contributed by atoms with Crippen molar-refractivity contribution < 1.29 is 0 Å². The Morgan fingerprint density at radius 1 is 0.423 bits per heavy atom. The van der Waals surface area contributed by atoms with Gasteiger partial charge in [0.25, 0.3) is 0 Å². The monoisotopic (exact) mass is 729 g/mol. The second kappa shape index (κ2) is 23.2. The van der Waals surface area contributed by atoms with Gasteiger partial charge < -0.3 is 0 Å². The van der Waals surface area contributed by atoms with E-state index in [-0.39, 0.29) is 22.2 Å². The van der Waals surface area contributed by atoms with Gasteiger partial charge in [0, 0.05) is 22.2 Å². The first-order valence-electron chi connectivity index (χ1n) is 24.0. The number of hydrogen-bond donors (Lipinski definition) is 0. The molecule has 2 aliphatic rings. The maximum Gasteiger partial charge on any atom is 0.0158 e. The van der Waals surface area contributed by atoms with Crippen LogP contribution >= 0.6 is 0 Å². The molecule has 0 aromatic carbocycles. The second-order valence-corrected chi connectivity index (χ2v) is 21.5. The van der Waals surface area contributed by atoms with Crippen LogP contribution in [0, 0.1) is 23.2 Å². The summed E-state index contributed by atoms with van der Waals surface area (Å²) in [5, 5.41) is 0. The highest BCUT2D eigenvalue weighted by molar-refractivity contribution is 5.08. The molecule has 0 saturated carbocycles. The van der Waals surface area contributed by atoms with Gasteiger partial charge in [-0.3, -0.25) is 9.80 Å². The zero-order chi connectivity index (χ0) is 38.9. The van der Waals surface area contributed by atoms with Crippen molar-refractivity contribution in [3.63, 3.8) is 0 Å². The lowest BCUT2D eigenvalue weighted by Crippen LogP contribution is -2.63. The molecule has 52 heavy (non-hydrogen) atoms. The fourth-order valence-electron chi connectivity index (χ4n) is 12.2. The van der Waals surface area contributed by atoms with E-state index < -0.39 is 0 Å². The summed E-state index contributed by atoms with van der Waals surface area (Å²) in [5.74, 6) is 2.46. The van der Waals surface area contributed by atoms with Crippen molar-refractivity contribution >= 4 is 0 Å². The van der Waals surface area contributed by atoms with Crippen molar-refractivity contribution in [3.05, 3.63) is 0 Å². The van der Waals surface area contributed by atoms with E-state index in [4.69, 9.17) is 0 Å². The molecule has 1 atom stereocenters. The minimum Gasteiger partial charge on any atom is -0.296 e. The molecule has 0 spiro atoms. The van der Waals surface area contributed by atoms with Gasteiger partial charge in [0.15, 0.2) is 0 Å². The predicted octanol–water partition coefficient (Wildman–Crippen LogP) is 16.2. The van der Waals surface area contributed by atoms with Gasteiger partial charge in [0.05, 0.1) is 0 Å². The lowest BCUT2D eigenvalue weighted by molar-refractivity contribution is -0.122. The smallest absolute Gasteiger partial charge is 0.0158 e. The molecular formula is C50H100N2. The molecule has 2 aliphatic heterocycles. The number of likely N-dealkylation sites (tertiary alicyclic amines) is 2. The van der Waals surface area contributed by atoms with Crippen molar-refractivity contribution in [2.45, 2.75) is 285 Å². The summed E-state index contributed by atoms with van der Waals surface area (Å²) in [4.78, 5) is 5.49. The van der Waals surface area contributed by atoms with Crippen molar-refractivity contribution in [2.24, 2.45) is 23.2 Å². The van der Waals surface area contributed by atoms with Gasteiger partial charge in [0.2, 0.25) is 0 Å². The summed E-state index contributed by atoms with van der Waals surface area (Å²) in [7, 11) is 4.85. The maximum atomic E-state index is 2.76. The molecular weight excluding hydrogens is 629 g/mol. The van der Waals surface area contributed by atoms with Crippen LogP contribution in [0.4, 0.5) is 0 Å².